The van der Waals surface area contributed by atoms with E-state index in [0.717, 1.165) is 0 Å². The van der Waals surface area contributed by atoms with Gasteiger partial charge in [-0.25, -0.2) is 4.72 Å². The highest BCUT2D eigenvalue weighted by atomic mass is 32.2. The molecule has 1 saturated heterocycles. The van der Waals surface area contributed by atoms with E-state index in [4.69, 9.17) is 5.11 Å². The number of carbonyl (C=O) groups excluding carboxylic acids is 1. The molecule has 0 aromatic heterocycles. The second-order valence-corrected chi connectivity index (χ2v) is 4.91. The number of hydrogen-bond donors (Lipinski definition) is 3. The van der Waals surface area contributed by atoms with Gasteiger partial charge in [0.05, 0.1) is 6.54 Å². The van der Waals surface area contributed by atoms with Crippen LogP contribution in [0.15, 0.2) is 0 Å². The zero-order valence-electron chi connectivity index (χ0n) is 8.63. The number of carboxylic acids is 1. The standard InChI is InChI=1S/C7H13N3O5S/c1-2-9-16(14,15)10-4-6(11)8-3-5(10)7(12)13/h5,9H,2-4H2,1H3,(H,8,11)(H,12,13). The van der Waals surface area contributed by atoms with E-state index in [-0.39, 0.29) is 13.1 Å². The molecule has 0 saturated carbocycles. The maximum Gasteiger partial charge on any atom is 0.323 e. The monoisotopic (exact) mass is 251 g/mol. The molecule has 3 N–H and O–H groups in total. The summed E-state index contributed by atoms with van der Waals surface area (Å²) in [5, 5.41) is 11.1. The highest BCUT2D eigenvalue weighted by molar-refractivity contribution is 7.87. The maximum atomic E-state index is 11.6. The van der Waals surface area contributed by atoms with Crippen LogP contribution >= 0.6 is 0 Å². The number of carboxylic acid groups (broad SMARTS) is 1. The van der Waals surface area contributed by atoms with E-state index in [0.29, 0.717) is 4.31 Å². The van der Waals surface area contributed by atoms with Gasteiger partial charge >= 0.3 is 5.97 Å². The van der Waals surface area contributed by atoms with Crippen LogP contribution in [0.4, 0.5) is 0 Å². The smallest absolute Gasteiger partial charge is 0.323 e. The third-order valence-corrected chi connectivity index (χ3v) is 3.71. The molecule has 0 aliphatic carbocycles. The van der Waals surface area contributed by atoms with Gasteiger partial charge in [0.2, 0.25) is 5.91 Å². The first kappa shape index (κ1) is 12.9. The molecule has 0 radical (unpaired) electrons. The zero-order valence-corrected chi connectivity index (χ0v) is 9.45. The van der Waals surface area contributed by atoms with Crippen molar-refractivity contribution in [2.75, 3.05) is 19.6 Å². The minimum Gasteiger partial charge on any atom is -0.480 e. The van der Waals surface area contributed by atoms with Crippen LogP contribution < -0.4 is 10.0 Å². The van der Waals surface area contributed by atoms with E-state index in [1.165, 1.54) is 0 Å². The Morgan fingerprint density at radius 3 is 2.81 bits per heavy atom. The van der Waals surface area contributed by atoms with Crippen LogP contribution in [0.2, 0.25) is 0 Å². The summed E-state index contributed by atoms with van der Waals surface area (Å²) in [6.07, 6.45) is 0. The molecule has 92 valence electrons. The summed E-state index contributed by atoms with van der Waals surface area (Å²) in [7, 11) is -3.92. The molecule has 9 heteroatoms. The number of piperazine rings is 1. The molecule has 1 aliphatic rings. The Kier molecular flexibility index (Phi) is 3.83. The van der Waals surface area contributed by atoms with Gasteiger partial charge < -0.3 is 10.4 Å². The van der Waals surface area contributed by atoms with Gasteiger partial charge in [-0.15, -0.1) is 0 Å². The first-order valence-corrected chi connectivity index (χ1v) is 6.08. The van der Waals surface area contributed by atoms with Gasteiger partial charge in [0.15, 0.2) is 0 Å². The average molecular weight is 251 g/mol. The van der Waals surface area contributed by atoms with E-state index < -0.39 is 34.7 Å². The van der Waals surface area contributed by atoms with Gasteiger partial charge in [-0.3, -0.25) is 9.59 Å². The van der Waals surface area contributed by atoms with Gasteiger partial charge in [-0.2, -0.15) is 12.7 Å². The lowest BCUT2D eigenvalue weighted by molar-refractivity contribution is -0.143. The van der Waals surface area contributed by atoms with Crippen LogP contribution in [-0.4, -0.2) is 55.4 Å². The van der Waals surface area contributed by atoms with Crippen molar-refractivity contribution in [1.29, 1.82) is 0 Å². The van der Waals surface area contributed by atoms with Crippen molar-refractivity contribution < 1.29 is 23.1 Å². The van der Waals surface area contributed by atoms with Crippen LogP contribution in [0.3, 0.4) is 0 Å². The molecule has 16 heavy (non-hydrogen) atoms. The predicted octanol–water partition coefficient (Wildman–Crippen LogP) is -2.27. The Balaban J connectivity index is 2.95. The molecule has 1 amide bonds. The van der Waals surface area contributed by atoms with Gasteiger partial charge in [-0.05, 0) is 0 Å². The normalized spacial score (nSPS) is 22.8. The number of rotatable bonds is 4. The van der Waals surface area contributed by atoms with Crippen molar-refractivity contribution in [1.82, 2.24) is 14.3 Å². The van der Waals surface area contributed by atoms with Crippen LogP contribution in [0.25, 0.3) is 0 Å². The molecule has 1 unspecified atom stereocenters. The molecule has 8 nitrogen and oxygen atoms in total. The third-order valence-electron chi connectivity index (χ3n) is 2.06. The number of hydrogen-bond acceptors (Lipinski definition) is 4. The molecule has 1 atom stereocenters. The second kappa shape index (κ2) is 4.76. The number of amides is 1. The van der Waals surface area contributed by atoms with E-state index in [9.17, 15) is 18.0 Å². The summed E-state index contributed by atoms with van der Waals surface area (Å²) in [5.41, 5.74) is 0. The highest BCUT2D eigenvalue weighted by Crippen LogP contribution is 2.09. The maximum absolute atomic E-state index is 11.6. The van der Waals surface area contributed by atoms with Gasteiger partial charge in [-0.1, -0.05) is 6.92 Å². The summed E-state index contributed by atoms with van der Waals surface area (Å²) in [5.74, 6) is -1.81. The van der Waals surface area contributed by atoms with Crippen molar-refractivity contribution in [2.24, 2.45) is 0 Å². The summed E-state index contributed by atoms with van der Waals surface area (Å²) in [6.45, 7) is 0.995. The van der Waals surface area contributed by atoms with Crippen molar-refractivity contribution in [3.63, 3.8) is 0 Å². The number of aliphatic carboxylic acids is 1. The molecule has 1 rings (SSSR count). The minimum absolute atomic E-state index is 0.132. The molecule has 0 aromatic rings. The molecule has 1 fully saturated rings. The number of nitrogens with one attached hydrogen (secondary N) is 2. The lowest BCUT2D eigenvalue weighted by atomic mass is 10.2. The molecule has 0 bridgehead atoms. The van der Waals surface area contributed by atoms with E-state index in [2.05, 4.69) is 10.0 Å². The van der Waals surface area contributed by atoms with E-state index >= 15 is 0 Å². The van der Waals surface area contributed by atoms with Gasteiger partial charge in [0.25, 0.3) is 10.2 Å². The summed E-state index contributed by atoms with van der Waals surface area (Å²) in [6, 6.07) is -1.26. The molecular formula is C7H13N3O5S. The number of nitrogens with zero attached hydrogens (tertiary/aromatic N) is 1. The van der Waals surface area contributed by atoms with Crippen molar-refractivity contribution in [3.05, 3.63) is 0 Å². The quantitative estimate of drug-likeness (QED) is 0.521. The minimum atomic E-state index is -3.92. The van der Waals surface area contributed by atoms with Crippen LogP contribution in [0.5, 0.6) is 0 Å². The summed E-state index contributed by atoms with van der Waals surface area (Å²) >= 11 is 0. The molecule has 1 aliphatic heterocycles. The Morgan fingerprint density at radius 1 is 1.69 bits per heavy atom. The lowest BCUT2D eigenvalue weighted by Crippen LogP contribution is -2.61. The first-order valence-electron chi connectivity index (χ1n) is 4.64. The number of carbonyl (C=O) groups is 2. The molecule has 0 spiro atoms. The largest absolute Gasteiger partial charge is 0.480 e. The summed E-state index contributed by atoms with van der Waals surface area (Å²) < 4.78 is 26.0. The third kappa shape index (κ3) is 2.68. The Bertz CT molecular complexity index is 393. The van der Waals surface area contributed by atoms with E-state index in [1.54, 1.807) is 6.92 Å². The van der Waals surface area contributed by atoms with Crippen molar-refractivity contribution in [3.8, 4) is 0 Å². The Hall–Kier alpha value is -1.19. The zero-order chi connectivity index (χ0) is 12.3. The fraction of sp³-hybridized carbons (Fsp3) is 0.714. The van der Waals surface area contributed by atoms with Gasteiger partial charge in [0.1, 0.15) is 6.04 Å². The van der Waals surface area contributed by atoms with Gasteiger partial charge in [0, 0.05) is 13.1 Å². The summed E-state index contributed by atoms with van der Waals surface area (Å²) in [4.78, 5) is 21.9. The second-order valence-electron chi connectivity index (χ2n) is 3.21. The SMILES string of the molecule is CCNS(=O)(=O)N1CC(=O)NCC1C(=O)O. The lowest BCUT2D eigenvalue weighted by Gasteiger charge is -2.31. The predicted molar refractivity (Wildman–Crippen MR) is 53.7 cm³/mol. The molecular weight excluding hydrogens is 238 g/mol. The van der Waals surface area contributed by atoms with Crippen LogP contribution in [0, 0.1) is 0 Å². The van der Waals surface area contributed by atoms with Crippen LogP contribution in [0.1, 0.15) is 6.92 Å². The average Bonchev–Trinajstić information content (AvgIpc) is 2.17. The van der Waals surface area contributed by atoms with Crippen molar-refractivity contribution in [2.45, 2.75) is 13.0 Å². The van der Waals surface area contributed by atoms with E-state index in [1.807, 2.05) is 0 Å². The molecule has 0 aromatic carbocycles. The first-order chi connectivity index (χ1) is 7.38. The van der Waals surface area contributed by atoms with Crippen LogP contribution in [-0.2, 0) is 19.8 Å². The topological polar surface area (TPSA) is 116 Å². The molecule has 1 heterocycles. The Labute approximate surface area is 92.8 Å². The fourth-order valence-electron chi connectivity index (χ4n) is 1.35. The Morgan fingerprint density at radius 2 is 2.31 bits per heavy atom. The highest BCUT2D eigenvalue weighted by Gasteiger charge is 2.39. The van der Waals surface area contributed by atoms with Crippen molar-refractivity contribution >= 4 is 22.1 Å². The fourth-order valence-corrected chi connectivity index (χ4v) is 2.67.